The van der Waals surface area contributed by atoms with Gasteiger partial charge in [0, 0.05) is 0 Å². The topological polar surface area (TPSA) is 158 Å². The number of anilines is 1. The molecule has 0 aliphatic rings. The molecule has 0 saturated heterocycles. The molecule has 13 heteroatoms. The molecule has 2 N–H and O–H groups in total. The molecule has 0 fully saturated rings. The van der Waals surface area contributed by atoms with E-state index in [1.165, 1.54) is 18.3 Å². The van der Waals surface area contributed by atoms with Crippen LogP contribution >= 0.6 is 0 Å². The third kappa shape index (κ3) is 6.83. The van der Waals surface area contributed by atoms with E-state index in [1.807, 2.05) is 0 Å². The number of Topliss-reactive ketones (excluding diaryl/α,β-unsaturated/α-hetero) is 1. The summed E-state index contributed by atoms with van der Waals surface area (Å²) >= 11 is 0. The molecule has 2 amide bonds. The Morgan fingerprint density at radius 1 is 1.05 bits per heavy atom. The summed E-state index contributed by atoms with van der Waals surface area (Å²) in [5.74, 6) is -2.56. The number of rotatable bonds is 10. The molecule has 2 aromatic carbocycles. The number of benzene rings is 2. The first-order valence-corrected chi connectivity index (χ1v) is 13.4. The number of halogens is 1. The summed E-state index contributed by atoms with van der Waals surface area (Å²) in [6, 6.07) is 13.5. The summed E-state index contributed by atoms with van der Waals surface area (Å²) in [5.41, 5.74) is 0.0285. The van der Waals surface area contributed by atoms with Crippen LogP contribution in [0.1, 0.15) is 49.8 Å². The van der Waals surface area contributed by atoms with Crippen LogP contribution in [0.4, 0.5) is 15.0 Å². The van der Waals surface area contributed by atoms with Gasteiger partial charge < -0.3 is 14.5 Å². The van der Waals surface area contributed by atoms with Gasteiger partial charge in [-0.25, -0.2) is 14.2 Å². The van der Waals surface area contributed by atoms with Crippen molar-refractivity contribution in [2.45, 2.75) is 45.7 Å². The molecular weight excluding hydrogens is 559 g/mol. The number of hydrogen-bond donors (Lipinski definition) is 2. The summed E-state index contributed by atoms with van der Waals surface area (Å²) < 4.78 is 24.9. The maximum Gasteiger partial charge on any atom is 0.412 e. The van der Waals surface area contributed by atoms with Crippen LogP contribution in [-0.2, 0) is 21.5 Å². The van der Waals surface area contributed by atoms with E-state index in [0.29, 0.717) is 16.8 Å². The van der Waals surface area contributed by atoms with Crippen molar-refractivity contribution >= 4 is 23.6 Å². The Bertz CT molecular complexity index is 1680. The molecular formula is C30H31FN6O6. The van der Waals surface area contributed by atoms with E-state index in [1.54, 1.807) is 70.2 Å². The highest BCUT2D eigenvalue weighted by atomic mass is 19.1. The van der Waals surface area contributed by atoms with Crippen molar-refractivity contribution in [2.24, 2.45) is 5.92 Å². The second-order valence-electron chi connectivity index (χ2n) is 10.6. The van der Waals surface area contributed by atoms with Gasteiger partial charge in [-0.2, -0.15) is 0 Å². The lowest BCUT2D eigenvalue weighted by Gasteiger charge is -2.21. The summed E-state index contributed by atoms with van der Waals surface area (Å²) in [5, 5.41) is 12.9. The average molecular weight is 591 g/mol. The molecule has 0 spiro atoms. The molecule has 1 atom stereocenters. The highest BCUT2D eigenvalue weighted by molar-refractivity contribution is 5.98. The van der Waals surface area contributed by atoms with Crippen molar-refractivity contribution in [3.8, 4) is 11.3 Å². The van der Waals surface area contributed by atoms with Gasteiger partial charge in [-0.1, -0.05) is 56.3 Å². The SMILES string of the molecule is COC(=O)Nc1ncc(-c2ccccc2)n(CC(=O)N[C@@H](C(=O)c2nnc(C(C)(C)c3ccc(F)cc3)o2)C(C)C)c1=O. The summed E-state index contributed by atoms with van der Waals surface area (Å²) in [4.78, 5) is 55.8. The molecule has 2 heterocycles. The first kappa shape index (κ1) is 30.8. The van der Waals surface area contributed by atoms with E-state index >= 15 is 0 Å². The fourth-order valence-electron chi connectivity index (χ4n) is 4.31. The maximum absolute atomic E-state index is 13.5. The number of carbonyl (C=O) groups excluding carboxylic acids is 3. The zero-order valence-corrected chi connectivity index (χ0v) is 24.3. The molecule has 4 aromatic rings. The lowest BCUT2D eigenvalue weighted by Crippen LogP contribution is -2.46. The molecule has 2 aromatic heterocycles. The minimum Gasteiger partial charge on any atom is -0.453 e. The minimum absolute atomic E-state index is 0.137. The number of nitrogens with zero attached hydrogens (tertiary/aromatic N) is 4. The second-order valence-corrected chi connectivity index (χ2v) is 10.6. The van der Waals surface area contributed by atoms with Gasteiger partial charge in [0.25, 0.3) is 11.4 Å². The van der Waals surface area contributed by atoms with E-state index < -0.39 is 53.1 Å². The van der Waals surface area contributed by atoms with E-state index in [-0.39, 0.29) is 17.6 Å². The molecule has 0 aliphatic heterocycles. The van der Waals surface area contributed by atoms with Crippen LogP contribution in [-0.4, -0.2) is 50.7 Å². The monoisotopic (exact) mass is 590 g/mol. The Morgan fingerprint density at radius 3 is 2.35 bits per heavy atom. The van der Waals surface area contributed by atoms with E-state index in [4.69, 9.17) is 4.42 Å². The third-order valence-electron chi connectivity index (χ3n) is 6.83. The highest BCUT2D eigenvalue weighted by Crippen LogP contribution is 2.31. The molecule has 4 rings (SSSR count). The molecule has 0 aliphatic carbocycles. The normalized spacial score (nSPS) is 12.1. The van der Waals surface area contributed by atoms with Crippen molar-refractivity contribution in [3.05, 3.63) is 94.3 Å². The lowest BCUT2D eigenvalue weighted by molar-refractivity contribution is -0.122. The number of aromatic nitrogens is 4. The zero-order valence-electron chi connectivity index (χ0n) is 24.3. The molecule has 0 unspecified atom stereocenters. The smallest absolute Gasteiger partial charge is 0.412 e. The highest BCUT2D eigenvalue weighted by Gasteiger charge is 2.34. The zero-order chi connectivity index (χ0) is 31.3. The van der Waals surface area contributed by atoms with E-state index in [0.717, 1.165) is 11.7 Å². The van der Waals surface area contributed by atoms with Gasteiger partial charge in [-0.15, -0.1) is 10.2 Å². The van der Waals surface area contributed by atoms with E-state index in [9.17, 15) is 23.6 Å². The Balaban J connectivity index is 1.59. The van der Waals surface area contributed by atoms with Gasteiger partial charge in [0.05, 0.1) is 30.5 Å². The van der Waals surface area contributed by atoms with Crippen LogP contribution in [0.5, 0.6) is 0 Å². The number of carbonyl (C=O) groups is 3. The van der Waals surface area contributed by atoms with Crippen molar-refractivity contribution in [1.29, 1.82) is 0 Å². The molecule has 0 saturated carbocycles. The summed E-state index contributed by atoms with van der Waals surface area (Å²) in [6.07, 6.45) is 0.448. The Labute approximate surface area is 246 Å². The van der Waals surface area contributed by atoms with Crippen LogP contribution in [0.2, 0.25) is 0 Å². The van der Waals surface area contributed by atoms with Crippen LogP contribution in [0, 0.1) is 11.7 Å². The number of amides is 2. The van der Waals surface area contributed by atoms with E-state index in [2.05, 4.69) is 30.6 Å². The molecule has 12 nitrogen and oxygen atoms in total. The number of methoxy groups -OCH3 is 1. The van der Waals surface area contributed by atoms with Crippen LogP contribution in [0.25, 0.3) is 11.3 Å². The second kappa shape index (κ2) is 12.8. The maximum atomic E-state index is 13.5. The number of nitrogens with one attached hydrogen (secondary N) is 2. The molecule has 0 radical (unpaired) electrons. The van der Waals surface area contributed by atoms with Crippen molar-refractivity contribution in [2.75, 3.05) is 12.4 Å². The van der Waals surface area contributed by atoms with Gasteiger partial charge >= 0.3 is 6.09 Å². The average Bonchev–Trinajstić information content (AvgIpc) is 3.50. The van der Waals surface area contributed by atoms with Gasteiger partial charge in [0.1, 0.15) is 12.4 Å². The van der Waals surface area contributed by atoms with Crippen molar-refractivity contribution in [1.82, 2.24) is 25.1 Å². The third-order valence-corrected chi connectivity index (χ3v) is 6.83. The molecule has 224 valence electrons. The Kier molecular flexibility index (Phi) is 9.12. The van der Waals surface area contributed by atoms with Crippen LogP contribution < -0.4 is 16.2 Å². The van der Waals surface area contributed by atoms with Crippen molar-refractivity contribution in [3.63, 3.8) is 0 Å². The van der Waals surface area contributed by atoms with Crippen molar-refractivity contribution < 1.29 is 27.9 Å². The van der Waals surface area contributed by atoms with Crippen LogP contribution in [0.15, 0.2) is 70.0 Å². The number of hydrogen-bond acceptors (Lipinski definition) is 9. The van der Waals surface area contributed by atoms with Gasteiger partial charge in [-0.05, 0) is 43.0 Å². The minimum atomic E-state index is -1.07. The summed E-state index contributed by atoms with van der Waals surface area (Å²) in [7, 11) is 1.14. The molecule has 43 heavy (non-hydrogen) atoms. The molecule has 0 bridgehead atoms. The first-order chi connectivity index (χ1) is 20.4. The Morgan fingerprint density at radius 2 is 1.72 bits per heavy atom. The number of ketones is 1. The standard InChI is InChI=1S/C30H31FN6O6/c1-17(2)23(24(39)26-35-36-28(43-26)30(3,4)19-11-13-20(31)14-12-19)33-22(38)16-37-21(18-9-7-6-8-10-18)15-32-25(27(37)40)34-29(41)42-5/h6-15,17,23H,16H2,1-5H3,(H,33,38)(H,32,34,41)/t23-/m1/s1. The van der Waals surface area contributed by atoms with Crippen LogP contribution in [0.3, 0.4) is 0 Å². The number of ether oxygens (including phenoxy) is 1. The Hall–Kier alpha value is -5.20. The first-order valence-electron chi connectivity index (χ1n) is 13.4. The largest absolute Gasteiger partial charge is 0.453 e. The lowest BCUT2D eigenvalue weighted by atomic mass is 9.84. The predicted octanol–water partition coefficient (Wildman–Crippen LogP) is 3.96. The van der Waals surface area contributed by atoms with Gasteiger partial charge in [0.2, 0.25) is 23.4 Å². The predicted molar refractivity (Wildman–Crippen MR) is 154 cm³/mol. The summed E-state index contributed by atoms with van der Waals surface area (Å²) in [6.45, 7) is 6.56. The fraction of sp³-hybridized carbons (Fsp3) is 0.300. The fourth-order valence-corrected chi connectivity index (χ4v) is 4.31. The van der Waals surface area contributed by atoms with Gasteiger partial charge in [-0.3, -0.25) is 24.3 Å². The van der Waals surface area contributed by atoms with Gasteiger partial charge in [0.15, 0.2) is 0 Å². The quantitative estimate of drug-likeness (QED) is 0.261.